The molecule has 100 valence electrons. The van der Waals surface area contributed by atoms with Gasteiger partial charge in [0.05, 0.1) is 5.56 Å². The number of rotatable bonds is 4. The minimum absolute atomic E-state index is 0.115. The molecule has 2 N–H and O–H groups in total. The van der Waals surface area contributed by atoms with E-state index in [2.05, 4.69) is 0 Å². The average Bonchev–Trinajstić information content (AvgIpc) is 2.38. The Morgan fingerprint density at radius 2 is 1.89 bits per heavy atom. The van der Waals surface area contributed by atoms with E-state index in [1.54, 1.807) is 18.2 Å². The van der Waals surface area contributed by atoms with E-state index in [0.29, 0.717) is 5.02 Å². The number of hydrogen-bond acceptors (Lipinski definition) is 2. The highest BCUT2D eigenvalue weighted by molar-refractivity contribution is 6.31. The molecule has 0 aliphatic rings. The van der Waals surface area contributed by atoms with Crippen molar-refractivity contribution in [1.29, 1.82) is 0 Å². The first-order valence-corrected chi connectivity index (χ1v) is 5.99. The van der Waals surface area contributed by atoms with Crippen molar-refractivity contribution in [2.24, 2.45) is 0 Å². The third kappa shape index (κ3) is 3.35. The Kier molecular flexibility index (Phi) is 4.22. The van der Waals surface area contributed by atoms with Crippen LogP contribution >= 0.6 is 11.6 Å². The number of nitrogen functional groups attached to an aromatic ring is 1. The van der Waals surface area contributed by atoms with Crippen LogP contribution in [0, 0.1) is 0 Å². The second-order valence-electron chi connectivity index (χ2n) is 3.98. The molecule has 2 aromatic carbocycles. The minimum atomic E-state index is -2.63. The number of ether oxygens (including phenoxy) is 1. The molecule has 0 aromatic heterocycles. The second kappa shape index (κ2) is 5.89. The molecule has 0 amide bonds. The Bertz CT molecular complexity index is 575. The summed E-state index contributed by atoms with van der Waals surface area (Å²) in [5.74, 6) is 0.115. The van der Waals surface area contributed by atoms with Gasteiger partial charge in [-0.3, -0.25) is 0 Å². The number of halogens is 3. The van der Waals surface area contributed by atoms with E-state index in [1.807, 2.05) is 6.07 Å². The summed E-state index contributed by atoms with van der Waals surface area (Å²) < 4.78 is 31.1. The van der Waals surface area contributed by atoms with Gasteiger partial charge in [0.25, 0.3) is 6.43 Å². The first-order chi connectivity index (χ1) is 9.08. The van der Waals surface area contributed by atoms with Crippen LogP contribution in [0.2, 0.25) is 5.02 Å². The van der Waals surface area contributed by atoms with Crippen molar-refractivity contribution in [3.05, 3.63) is 58.6 Å². The molecule has 0 atom stereocenters. The van der Waals surface area contributed by atoms with Gasteiger partial charge in [-0.2, -0.15) is 0 Å². The summed E-state index contributed by atoms with van der Waals surface area (Å²) in [4.78, 5) is 0. The van der Waals surface area contributed by atoms with E-state index in [0.717, 1.165) is 5.56 Å². The fraction of sp³-hybridized carbons (Fsp3) is 0.143. The van der Waals surface area contributed by atoms with Gasteiger partial charge in [-0.25, -0.2) is 8.78 Å². The number of alkyl halides is 2. The van der Waals surface area contributed by atoms with Crippen LogP contribution in [0.5, 0.6) is 5.75 Å². The molecule has 5 heteroatoms. The topological polar surface area (TPSA) is 35.2 Å². The lowest BCUT2D eigenvalue weighted by Crippen LogP contribution is -2.00. The van der Waals surface area contributed by atoms with Crippen molar-refractivity contribution in [3.63, 3.8) is 0 Å². The van der Waals surface area contributed by atoms with Crippen LogP contribution in [0.15, 0.2) is 42.5 Å². The van der Waals surface area contributed by atoms with Gasteiger partial charge in [0, 0.05) is 16.3 Å². The predicted octanol–water partition coefficient (Wildman–Crippen LogP) is 4.44. The number of benzene rings is 2. The van der Waals surface area contributed by atoms with Crippen LogP contribution in [0.4, 0.5) is 14.5 Å². The number of anilines is 1. The lowest BCUT2D eigenvalue weighted by molar-refractivity contribution is 0.144. The molecule has 0 aliphatic heterocycles. The maximum absolute atomic E-state index is 12.9. The zero-order chi connectivity index (χ0) is 13.8. The molecule has 19 heavy (non-hydrogen) atoms. The first-order valence-electron chi connectivity index (χ1n) is 5.61. The molecule has 0 radical (unpaired) electrons. The summed E-state index contributed by atoms with van der Waals surface area (Å²) in [6, 6.07) is 11.3. The number of hydrogen-bond donors (Lipinski definition) is 1. The molecule has 0 fully saturated rings. The Labute approximate surface area is 114 Å². The molecule has 2 nitrogen and oxygen atoms in total. The van der Waals surface area contributed by atoms with Crippen molar-refractivity contribution < 1.29 is 13.5 Å². The van der Waals surface area contributed by atoms with Gasteiger partial charge >= 0.3 is 0 Å². The molecular weight excluding hydrogens is 272 g/mol. The summed E-state index contributed by atoms with van der Waals surface area (Å²) in [6.07, 6.45) is -2.63. The highest BCUT2D eigenvalue weighted by Crippen LogP contribution is 2.31. The van der Waals surface area contributed by atoms with Crippen molar-refractivity contribution >= 4 is 17.3 Å². The van der Waals surface area contributed by atoms with Crippen LogP contribution in [0.25, 0.3) is 0 Å². The molecule has 0 unspecified atom stereocenters. The molecule has 2 rings (SSSR count). The maximum atomic E-state index is 12.9. The smallest absolute Gasteiger partial charge is 0.267 e. The maximum Gasteiger partial charge on any atom is 0.267 e. The van der Waals surface area contributed by atoms with Gasteiger partial charge in [0.15, 0.2) is 0 Å². The first kappa shape index (κ1) is 13.6. The van der Waals surface area contributed by atoms with Gasteiger partial charge in [-0.15, -0.1) is 0 Å². The fourth-order valence-electron chi connectivity index (χ4n) is 1.64. The summed E-state index contributed by atoms with van der Waals surface area (Å²) in [5, 5.41) is 0.538. The van der Waals surface area contributed by atoms with Crippen molar-refractivity contribution in [3.8, 4) is 5.75 Å². The van der Waals surface area contributed by atoms with E-state index in [4.69, 9.17) is 22.1 Å². The monoisotopic (exact) mass is 283 g/mol. The van der Waals surface area contributed by atoms with Crippen molar-refractivity contribution in [2.75, 3.05) is 5.73 Å². The lowest BCUT2D eigenvalue weighted by atomic mass is 10.2. The summed E-state index contributed by atoms with van der Waals surface area (Å²) in [7, 11) is 0. The third-order valence-corrected chi connectivity index (χ3v) is 2.98. The third-order valence-electron chi connectivity index (χ3n) is 2.61. The Balaban J connectivity index is 2.18. The van der Waals surface area contributed by atoms with Gasteiger partial charge in [0.2, 0.25) is 0 Å². The minimum Gasteiger partial charge on any atom is -0.488 e. The fourth-order valence-corrected chi connectivity index (χ4v) is 1.83. The zero-order valence-corrected chi connectivity index (χ0v) is 10.7. The highest BCUT2D eigenvalue weighted by atomic mass is 35.5. The summed E-state index contributed by atoms with van der Waals surface area (Å²) in [5.41, 5.74) is 6.29. The molecule has 0 bridgehead atoms. The van der Waals surface area contributed by atoms with Gasteiger partial charge in [-0.05, 0) is 24.3 Å². The van der Waals surface area contributed by atoms with Gasteiger partial charge in [0.1, 0.15) is 12.4 Å². The lowest BCUT2D eigenvalue weighted by Gasteiger charge is -2.12. The van der Waals surface area contributed by atoms with Crippen molar-refractivity contribution in [2.45, 2.75) is 13.0 Å². The molecule has 0 spiro atoms. The largest absolute Gasteiger partial charge is 0.488 e. The quantitative estimate of drug-likeness (QED) is 0.842. The molecule has 2 aromatic rings. The van der Waals surface area contributed by atoms with Crippen molar-refractivity contribution in [1.82, 2.24) is 0 Å². The molecule has 0 heterocycles. The van der Waals surface area contributed by atoms with Crippen LogP contribution in [-0.4, -0.2) is 0 Å². The van der Waals surface area contributed by atoms with E-state index < -0.39 is 6.43 Å². The Morgan fingerprint density at radius 3 is 2.58 bits per heavy atom. The van der Waals surface area contributed by atoms with Gasteiger partial charge in [-0.1, -0.05) is 29.8 Å². The van der Waals surface area contributed by atoms with E-state index in [1.165, 1.54) is 18.2 Å². The average molecular weight is 284 g/mol. The van der Waals surface area contributed by atoms with Gasteiger partial charge < -0.3 is 10.5 Å². The molecule has 0 aliphatic carbocycles. The number of nitrogens with two attached hydrogens (primary N) is 1. The molecule has 0 saturated carbocycles. The second-order valence-corrected chi connectivity index (χ2v) is 4.39. The molecule has 0 saturated heterocycles. The highest BCUT2D eigenvalue weighted by Gasteiger charge is 2.14. The Morgan fingerprint density at radius 1 is 1.16 bits per heavy atom. The normalized spacial score (nSPS) is 10.7. The molecular formula is C14H12ClF2NO. The Hall–Kier alpha value is -1.81. The SMILES string of the molecule is Nc1ccc(OCc2ccccc2Cl)c(C(F)F)c1. The van der Waals surface area contributed by atoms with E-state index in [-0.39, 0.29) is 23.6 Å². The zero-order valence-electron chi connectivity index (χ0n) is 9.95. The summed E-state index contributed by atoms with van der Waals surface area (Å²) in [6.45, 7) is 0.128. The van der Waals surface area contributed by atoms with Crippen LogP contribution in [0.1, 0.15) is 17.6 Å². The van der Waals surface area contributed by atoms with Crippen LogP contribution in [-0.2, 0) is 6.61 Å². The summed E-state index contributed by atoms with van der Waals surface area (Å²) >= 11 is 5.97. The standard InChI is InChI=1S/C14H12ClF2NO/c15-12-4-2-1-3-9(12)8-19-13-6-5-10(18)7-11(13)14(16)17/h1-7,14H,8,18H2. The van der Waals surface area contributed by atoms with E-state index >= 15 is 0 Å². The van der Waals surface area contributed by atoms with Crippen LogP contribution in [0.3, 0.4) is 0 Å². The predicted molar refractivity (Wildman–Crippen MR) is 71.6 cm³/mol. The van der Waals surface area contributed by atoms with Crippen LogP contribution < -0.4 is 10.5 Å². The van der Waals surface area contributed by atoms with E-state index in [9.17, 15) is 8.78 Å².